The molecule has 28 heavy (non-hydrogen) atoms. The maximum atomic E-state index is 12.5. The molecule has 0 bridgehead atoms. The Kier molecular flexibility index (Phi) is 4.93. The summed E-state index contributed by atoms with van der Waals surface area (Å²) < 4.78 is 5.30. The van der Waals surface area contributed by atoms with Crippen LogP contribution in [0.25, 0.3) is 0 Å². The van der Waals surface area contributed by atoms with Gasteiger partial charge in [-0.1, -0.05) is 30.3 Å². The average molecular weight is 398 g/mol. The first-order valence-corrected chi connectivity index (χ1v) is 10.3. The van der Waals surface area contributed by atoms with Crippen molar-refractivity contribution < 1.29 is 19.1 Å². The molecule has 2 aromatic rings. The van der Waals surface area contributed by atoms with Gasteiger partial charge in [0.15, 0.2) is 6.61 Å². The molecule has 1 aromatic carbocycles. The van der Waals surface area contributed by atoms with E-state index < -0.39 is 17.2 Å². The third kappa shape index (κ3) is 3.42. The topological polar surface area (TPSA) is 98.5 Å². The van der Waals surface area contributed by atoms with Gasteiger partial charge in [-0.25, -0.2) is 0 Å². The van der Waals surface area contributed by atoms with E-state index in [-0.39, 0.29) is 12.6 Å². The van der Waals surface area contributed by atoms with E-state index >= 15 is 0 Å². The van der Waals surface area contributed by atoms with Crippen LogP contribution in [0.3, 0.4) is 0 Å². The minimum absolute atomic E-state index is 0.380. The van der Waals surface area contributed by atoms with E-state index in [9.17, 15) is 14.4 Å². The molecular weight excluding hydrogens is 376 g/mol. The van der Waals surface area contributed by atoms with Crippen molar-refractivity contribution in [2.45, 2.75) is 43.9 Å². The Morgan fingerprint density at radius 3 is 2.50 bits per heavy atom. The molecule has 0 unspecified atom stereocenters. The second-order valence-corrected chi connectivity index (χ2v) is 8.46. The van der Waals surface area contributed by atoms with Gasteiger partial charge in [-0.05, 0) is 49.7 Å². The summed E-state index contributed by atoms with van der Waals surface area (Å²) in [6.45, 7) is -0.381. The van der Waals surface area contributed by atoms with Crippen LogP contribution in [0.2, 0.25) is 0 Å². The zero-order chi connectivity index (χ0) is 19.7. The zero-order valence-corrected chi connectivity index (χ0v) is 16.3. The number of thiophene rings is 1. The molecule has 4 rings (SSSR count). The molecule has 2 aliphatic carbocycles. The number of carbonyl (C=O) groups excluding carboxylic acids is 3. The summed E-state index contributed by atoms with van der Waals surface area (Å²) in [4.78, 5) is 37.9. The van der Waals surface area contributed by atoms with Gasteiger partial charge in [-0.15, -0.1) is 11.3 Å². The molecule has 1 fully saturated rings. The first-order valence-electron chi connectivity index (χ1n) is 9.48. The van der Waals surface area contributed by atoms with E-state index in [0.29, 0.717) is 10.6 Å². The molecule has 1 saturated carbocycles. The third-order valence-electron chi connectivity index (χ3n) is 5.47. The summed E-state index contributed by atoms with van der Waals surface area (Å²) >= 11 is 1.39. The van der Waals surface area contributed by atoms with Gasteiger partial charge in [0.25, 0.3) is 11.8 Å². The number of ether oxygens (including phenoxy) is 1. The molecule has 0 radical (unpaired) electrons. The highest BCUT2D eigenvalue weighted by Gasteiger charge is 2.52. The number of fused-ring (bicyclic) bond motifs is 1. The zero-order valence-electron chi connectivity index (χ0n) is 15.5. The summed E-state index contributed by atoms with van der Waals surface area (Å²) in [7, 11) is 0. The number of hydrogen-bond acceptors (Lipinski definition) is 5. The van der Waals surface area contributed by atoms with Crippen LogP contribution < -0.4 is 11.1 Å². The Bertz CT molecular complexity index is 931. The van der Waals surface area contributed by atoms with E-state index in [2.05, 4.69) is 5.32 Å². The Morgan fingerprint density at radius 1 is 1.11 bits per heavy atom. The largest absolute Gasteiger partial charge is 0.455 e. The third-order valence-corrected chi connectivity index (χ3v) is 6.68. The Morgan fingerprint density at radius 2 is 1.82 bits per heavy atom. The minimum Gasteiger partial charge on any atom is -0.455 e. The first-order chi connectivity index (χ1) is 13.5. The van der Waals surface area contributed by atoms with Gasteiger partial charge in [0.1, 0.15) is 5.00 Å². The molecule has 6 nitrogen and oxygen atoms in total. The van der Waals surface area contributed by atoms with Gasteiger partial charge in [-0.2, -0.15) is 0 Å². The van der Waals surface area contributed by atoms with Gasteiger partial charge in [0.05, 0.1) is 11.0 Å². The van der Waals surface area contributed by atoms with Crippen LogP contribution >= 0.6 is 11.3 Å². The maximum absolute atomic E-state index is 12.5. The Balaban J connectivity index is 1.41. The monoisotopic (exact) mass is 398 g/mol. The molecule has 146 valence electrons. The van der Waals surface area contributed by atoms with Gasteiger partial charge >= 0.3 is 5.97 Å². The smallest absolute Gasteiger partial charge is 0.317 e. The van der Waals surface area contributed by atoms with Crippen molar-refractivity contribution >= 4 is 34.1 Å². The van der Waals surface area contributed by atoms with Crippen molar-refractivity contribution in [2.24, 2.45) is 5.73 Å². The average Bonchev–Trinajstić information content (AvgIpc) is 3.42. The van der Waals surface area contributed by atoms with Crippen LogP contribution in [0.4, 0.5) is 5.00 Å². The summed E-state index contributed by atoms with van der Waals surface area (Å²) in [6, 6.07) is 9.49. The summed E-state index contributed by atoms with van der Waals surface area (Å²) in [5.41, 5.74) is 7.20. The minimum atomic E-state index is -0.623. The van der Waals surface area contributed by atoms with Gasteiger partial charge in [-0.3, -0.25) is 14.4 Å². The number of esters is 1. The number of carbonyl (C=O) groups is 3. The number of anilines is 1. The van der Waals surface area contributed by atoms with Crippen molar-refractivity contribution in [3.63, 3.8) is 0 Å². The molecule has 1 aromatic heterocycles. The molecule has 7 heteroatoms. The van der Waals surface area contributed by atoms with Crippen molar-refractivity contribution in [2.75, 3.05) is 11.9 Å². The number of primary amides is 1. The van der Waals surface area contributed by atoms with Crippen molar-refractivity contribution in [3.8, 4) is 0 Å². The Hall–Kier alpha value is -2.67. The van der Waals surface area contributed by atoms with Gasteiger partial charge < -0.3 is 15.8 Å². The number of rotatable bonds is 6. The van der Waals surface area contributed by atoms with Crippen LogP contribution in [0.1, 0.15) is 52.0 Å². The number of aryl methyl sites for hydroxylation is 1. The lowest BCUT2D eigenvalue weighted by atomic mass is 9.95. The number of amides is 2. The molecule has 0 atom stereocenters. The standard InChI is InChI=1S/C21H22N2O4S/c22-18(25)17-14-8-4-5-9-15(14)28-19(17)23-16(24)12-27-20(26)21(10-11-21)13-6-2-1-3-7-13/h1-3,6-7H,4-5,8-12H2,(H2,22,25)(H,23,24). The van der Waals surface area contributed by atoms with Crippen molar-refractivity contribution in [1.82, 2.24) is 0 Å². The van der Waals surface area contributed by atoms with Crippen LogP contribution in [0, 0.1) is 0 Å². The van der Waals surface area contributed by atoms with E-state index in [1.54, 1.807) is 0 Å². The highest BCUT2D eigenvalue weighted by Crippen LogP contribution is 2.49. The Labute approximate surface area is 167 Å². The fraction of sp³-hybridized carbons (Fsp3) is 0.381. The van der Waals surface area contributed by atoms with Crippen LogP contribution in [0.5, 0.6) is 0 Å². The molecule has 1 heterocycles. The van der Waals surface area contributed by atoms with E-state index in [1.165, 1.54) is 11.3 Å². The van der Waals surface area contributed by atoms with Crippen molar-refractivity contribution in [3.05, 3.63) is 51.9 Å². The number of hydrogen-bond donors (Lipinski definition) is 2. The maximum Gasteiger partial charge on any atom is 0.317 e. The lowest BCUT2D eigenvalue weighted by Crippen LogP contribution is -2.28. The van der Waals surface area contributed by atoms with E-state index in [4.69, 9.17) is 10.5 Å². The first kappa shape index (κ1) is 18.7. The number of benzene rings is 1. The fourth-order valence-corrected chi connectivity index (χ4v) is 5.15. The predicted molar refractivity (Wildman–Crippen MR) is 106 cm³/mol. The molecule has 3 N–H and O–H groups in total. The molecular formula is C21H22N2O4S. The molecule has 2 aliphatic rings. The lowest BCUT2D eigenvalue weighted by Gasteiger charge is -2.14. The van der Waals surface area contributed by atoms with E-state index in [1.807, 2.05) is 30.3 Å². The highest BCUT2D eigenvalue weighted by atomic mass is 32.1. The second kappa shape index (κ2) is 7.39. The summed E-state index contributed by atoms with van der Waals surface area (Å²) in [5.74, 6) is -1.37. The fourth-order valence-electron chi connectivity index (χ4n) is 3.84. The predicted octanol–water partition coefficient (Wildman–Crippen LogP) is 2.94. The molecule has 0 aliphatic heterocycles. The van der Waals surface area contributed by atoms with E-state index in [0.717, 1.165) is 54.5 Å². The normalized spacial score (nSPS) is 16.7. The number of nitrogens with two attached hydrogens (primary N) is 1. The summed E-state index contributed by atoms with van der Waals surface area (Å²) in [5, 5.41) is 3.18. The van der Waals surface area contributed by atoms with Gasteiger partial charge in [0, 0.05) is 4.88 Å². The van der Waals surface area contributed by atoms with Crippen LogP contribution in [-0.2, 0) is 32.6 Å². The quantitative estimate of drug-likeness (QED) is 0.731. The second-order valence-electron chi connectivity index (χ2n) is 7.35. The molecule has 0 saturated heterocycles. The van der Waals surface area contributed by atoms with Gasteiger partial charge in [0.2, 0.25) is 0 Å². The molecule has 0 spiro atoms. The summed E-state index contributed by atoms with van der Waals surface area (Å²) in [6.07, 6.45) is 5.22. The van der Waals surface area contributed by atoms with Crippen LogP contribution in [0.15, 0.2) is 30.3 Å². The highest BCUT2D eigenvalue weighted by molar-refractivity contribution is 7.17. The molecule has 2 amide bonds. The SMILES string of the molecule is NC(=O)c1c(NC(=O)COC(=O)C2(c3ccccc3)CC2)sc2c1CCCC2. The lowest BCUT2D eigenvalue weighted by molar-refractivity contribution is -0.150. The number of nitrogens with one attached hydrogen (secondary N) is 1. The van der Waals surface area contributed by atoms with Crippen LogP contribution in [-0.4, -0.2) is 24.4 Å². The van der Waals surface area contributed by atoms with Crippen molar-refractivity contribution in [1.29, 1.82) is 0 Å².